The Labute approximate surface area is 150 Å². The van der Waals surface area contributed by atoms with Gasteiger partial charge in [-0.2, -0.15) is 52.7 Å². The minimum Gasteiger partial charge on any atom is -0.313 e. The largest absolute Gasteiger partial charge is 0.417 e. The van der Waals surface area contributed by atoms with Gasteiger partial charge in [-0.05, 0) is 24.6 Å². The second-order valence-corrected chi connectivity index (χ2v) is 6.14. The van der Waals surface area contributed by atoms with Gasteiger partial charge in [0.15, 0.2) is 0 Å². The smallest absolute Gasteiger partial charge is 0.313 e. The third kappa shape index (κ3) is 4.84. The first kappa shape index (κ1) is 24.4. The van der Waals surface area contributed by atoms with Gasteiger partial charge in [0.2, 0.25) is 0 Å². The van der Waals surface area contributed by atoms with Gasteiger partial charge in [0.1, 0.15) is 0 Å². The van der Waals surface area contributed by atoms with E-state index in [4.69, 9.17) is 0 Å². The second-order valence-electron chi connectivity index (χ2n) is 6.14. The van der Waals surface area contributed by atoms with Crippen LogP contribution in [0.4, 0.5) is 52.7 Å². The fourth-order valence-corrected chi connectivity index (χ4v) is 2.90. The molecule has 0 radical (unpaired) electrons. The molecule has 0 aromatic heterocycles. The number of hydrogen-bond donors (Lipinski definition) is 1. The molecule has 1 rings (SSSR count). The average Bonchev–Trinajstić information content (AvgIpc) is 2.41. The maximum atomic E-state index is 13.4. The summed E-state index contributed by atoms with van der Waals surface area (Å²) in [4.78, 5) is 0. The molecule has 0 aliphatic carbocycles. The summed E-state index contributed by atoms with van der Waals surface area (Å²) in [7, 11) is 0.961. The van der Waals surface area contributed by atoms with Gasteiger partial charge in [0.25, 0.3) is 0 Å². The lowest BCUT2D eigenvalue weighted by Crippen LogP contribution is -2.32. The van der Waals surface area contributed by atoms with E-state index >= 15 is 0 Å². The summed E-state index contributed by atoms with van der Waals surface area (Å²) in [5.74, 6) is -0.981. The van der Waals surface area contributed by atoms with E-state index in [1.807, 2.05) is 0 Å². The lowest BCUT2D eigenvalue weighted by molar-refractivity contribution is -0.183. The molecular formula is C15H13F12N. The molecule has 0 aliphatic rings. The van der Waals surface area contributed by atoms with Crippen molar-refractivity contribution >= 4 is 0 Å². The quantitative estimate of drug-likeness (QED) is 0.523. The van der Waals surface area contributed by atoms with Crippen molar-refractivity contribution < 1.29 is 52.7 Å². The van der Waals surface area contributed by atoms with Gasteiger partial charge < -0.3 is 5.32 Å². The molecule has 1 aromatic rings. The standard InChI is InChI=1S/C15H13F12N/c1-5(2)11(28-3)6-4-7(12(16,17)18)9(14(22,23)24)10(15(25,26)27)8(6)13(19,20)21/h4-5,11,28H,1-3H3. The van der Waals surface area contributed by atoms with Crippen molar-refractivity contribution in [2.24, 2.45) is 5.92 Å². The van der Waals surface area contributed by atoms with Crippen LogP contribution in [0.1, 0.15) is 47.7 Å². The Hall–Kier alpha value is -1.66. The highest BCUT2D eigenvalue weighted by Gasteiger charge is 2.56. The molecule has 1 unspecified atom stereocenters. The summed E-state index contributed by atoms with van der Waals surface area (Å²) in [6, 6.07) is -2.25. The molecular weight excluding hydrogens is 422 g/mol. The third-order valence-electron chi connectivity index (χ3n) is 3.83. The molecule has 28 heavy (non-hydrogen) atoms. The summed E-state index contributed by atoms with van der Waals surface area (Å²) in [5, 5.41) is 2.13. The van der Waals surface area contributed by atoms with Crippen LogP contribution in [0, 0.1) is 5.92 Å². The van der Waals surface area contributed by atoms with E-state index in [0.29, 0.717) is 0 Å². The van der Waals surface area contributed by atoms with Gasteiger partial charge in [-0.25, -0.2) is 0 Å². The Balaban J connectivity index is 4.39. The molecule has 0 spiro atoms. The maximum absolute atomic E-state index is 13.4. The summed E-state index contributed by atoms with van der Waals surface area (Å²) in [6.45, 7) is 2.36. The minimum absolute atomic E-state index is 0.512. The average molecular weight is 435 g/mol. The normalized spacial score (nSPS) is 15.3. The Bertz CT molecular complexity index is 706. The molecule has 13 heteroatoms. The zero-order chi connectivity index (χ0) is 22.5. The lowest BCUT2D eigenvalue weighted by atomic mass is 9.84. The number of hydrogen-bond acceptors (Lipinski definition) is 1. The SMILES string of the molecule is CNC(c1cc(C(F)(F)F)c(C(F)(F)F)c(C(F)(F)F)c1C(F)(F)F)C(C)C. The molecule has 1 atom stereocenters. The Kier molecular flexibility index (Phi) is 6.36. The van der Waals surface area contributed by atoms with Gasteiger partial charge in [-0.1, -0.05) is 13.8 Å². The number of alkyl halides is 12. The van der Waals surface area contributed by atoms with Crippen molar-refractivity contribution in [1.82, 2.24) is 5.32 Å². The monoisotopic (exact) mass is 435 g/mol. The van der Waals surface area contributed by atoms with Gasteiger partial charge in [-0.15, -0.1) is 0 Å². The van der Waals surface area contributed by atoms with Gasteiger partial charge >= 0.3 is 24.7 Å². The summed E-state index contributed by atoms with van der Waals surface area (Å²) in [5.41, 5.74) is -14.0. The van der Waals surface area contributed by atoms with Gasteiger partial charge in [0.05, 0.1) is 22.3 Å². The van der Waals surface area contributed by atoms with E-state index in [0.717, 1.165) is 7.05 Å². The molecule has 0 fully saturated rings. The topological polar surface area (TPSA) is 12.0 Å². The first-order valence-corrected chi connectivity index (χ1v) is 7.41. The van der Waals surface area contributed by atoms with Crippen LogP contribution < -0.4 is 5.32 Å². The molecule has 1 aromatic carbocycles. The van der Waals surface area contributed by atoms with Gasteiger partial charge in [-0.3, -0.25) is 0 Å². The molecule has 1 N–H and O–H groups in total. The lowest BCUT2D eigenvalue weighted by Gasteiger charge is -2.31. The van der Waals surface area contributed by atoms with Crippen molar-refractivity contribution in [2.75, 3.05) is 7.05 Å². The van der Waals surface area contributed by atoms with Crippen molar-refractivity contribution in [3.8, 4) is 0 Å². The summed E-state index contributed by atoms with van der Waals surface area (Å²) < 4.78 is 159. The molecule has 0 saturated heterocycles. The highest BCUT2D eigenvalue weighted by atomic mass is 19.4. The predicted molar refractivity (Wildman–Crippen MR) is 73.1 cm³/mol. The van der Waals surface area contributed by atoms with Crippen molar-refractivity contribution in [1.29, 1.82) is 0 Å². The van der Waals surface area contributed by atoms with Crippen LogP contribution in [0.25, 0.3) is 0 Å². The fourth-order valence-electron chi connectivity index (χ4n) is 2.90. The second kappa shape index (κ2) is 7.30. The first-order valence-electron chi connectivity index (χ1n) is 7.41. The van der Waals surface area contributed by atoms with Crippen LogP contribution in [0.2, 0.25) is 0 Å². The number of rotatable bonds is 3. The molecule has 1 nitrogen and oxygen atoms in total. The van der Waals surface area contributed by atoms with Crippen molar-refractivity contribution in [3.05, 3.63) is 33.9 Å². The van der Waals surface area contributed by atoms with E-state index in [2.05, 4.69) is 5.32 Å². The molecule has 0 heterocycles. The van der Waals surface area contributed by atoms with E-state index in [9.17, 15) is 52.7 Å². The van der Waals surface area contributed by atoms with Crippen LogP contribution in [0.3, 0.4) is 0 Å². The minimum atomic E-state index is -6.36. The van der Waals surface area contributed by atoms with Gasteiger partial charge in [0, 0.05) is 6.04 Å². The van der Waals surface area contributed by atoms with E-state index in [1.165, 1.54) is 13.8 Å². The molecule has 0 bridgehead atoms. The predicted octanol–water partition coefficient (Wildman–Crippen LogP) is 6.68. The van der Waals surface area contributed by atoms with Crippen LogP contribution in [0.15, 0.2) is 6.07 Å². The van der Waals surface area contributed by atoms with Crippen LogP contribution in [0.5, 0.6) is 0 Å². The Morgan fingerprint density at radius 1 is 0.643 bits per heavy atom. The van der Waals surface area contributed by atoms with Crippen LogP contribution >= 0.6 is 0 Å². The molecule has 162 valence electrons. The van der Waals surface area contributed by atoms with Crippen molar-refractivity contribution in [2.45, 2.75) is 44.6 Å². The maximum Gasteiger partial charge on any atom is 0.417 e. The van der Waals surface area contributed by atoms with Crippen molar-refractivity contribution in [3.63, 3.8) is 0 Å². The zero-order valence-corrected chi connectivity index (χ0v) is 14.3. The molecule has 0 aliphatic heterocycles. The number of benzene rings is 1. The van der Waals surface area contributed by atoms with Crippen LogP contribution in [-0.2, 0) is 24.7 Å². The Morgan fingerprint density at radius 3 is 1.29 bits per heavy atom. The zero-order valence-electron chi connectivity index (χ0n) is 14.3. The van der Waals surface area contributed by atoms with E-state index < -0.39 is 70.5 Å². The first-order chi connectivity index (χ1) is 12.2. The summed E-state index contributed by atoms with van der Waals surface area (Å²) >= 11 is 0. The highest BCUT2D eigenvalue weighted by Crippen LogP contribution is 2.53. The highest BCUT2D eigenvalue weighted by molar-refractivity contribution is 5.53. The number of halogens is 12. The molecule has 0 amide bonds. The molecule has 0 saturated carbocycles. The van der Waals surface area contributed by atoms with E-state index in [1.54, 1.807) is 0 Å². The summed E-state index contributed by atoms with van der Waals surface area (Å²) in [6.07, 6.45) is -24.7. The number of nitrogens with one attached hydrogen (secondary N) is 1. The fraction of sp³-hybridized carbons (Fsp3) is 0.600. The van der Waals surface area contributed by atoms with Crippen LogP contribution in [-0.4, -0.2) is 7.05 Å². The third-order valence-corrected chi connectivity index (χ3v) is 3.83. The Morgan fingerprint density at radius 2 is 1.04 bits per heavy atom. The van der Waals surface area contributed by atoms with E-state index in [-0.39, 0.29) is 0 Å².